The van der Waals surface area contributed by atoms with Crippen molar-refractivity contribution < 1.29 is 19.0 Å². The van der Waals surface area contributed by atoms with Gasteiger partial charge in [0.15, 0.2) is 5.96 Å². The van der Waals surface area contributed by atoms with E-state index in [0.29, 0.717) is 19.8 Å². The number of nitrogens with zero attached hydrogens (tertiary/aromatic N) is 2. The molecule has 0 aromatic heterocycles. The van der Waals surface area contributed by atoms with Crippen molar-refractivity contribution in [2.75, 3.05) is 47.6 Å². The average molecular weight is 363 g/mol. The second-order valence-electron chi connectivity index (χ2n) is 6.17. The first kappa shape index (κ1) is 20.0. The van der Waals surface area contributed by atoms with E-state index in [4.69, 9.17) is 14.2 Å². The van der Waals surface area contributed by atoms with Gasteiger partial charge in [-0.2, -0.15) is 0 Å². The zero-order chi connectivity index (χ0) is 18.8. The summed E-state index contributed by atoms with van der Waals surface area (Å²) in [7, 11) is 4.88. The van der Waals surface area contributed by atoms with Gasteiger partial charge in [0.05, 0.1) is 19.6 Å². The molecule has 7 nitrogen and oxygen atoms in total. The van der Waals surface area contributed by atoms with Crippen LogP contribution in [0.15, 0.2) is 29.3 Å². The predicted molar refractivity (Wildman–Crippen MR) is 100 cm³/mol. The Labute approximate surface area is 155 Å². The van der Waals surface area contributed by atoms with Gasteiger partial charge < -0.3 is 24.4 Å². The highest BCUT2D eigenvalue weighted by Crippen LogP contribution is 2.18. The molecular weight excluding hydrogens is 334 g/mol. The molecule has 1 aliphatic rings. The molecule has 7 heteroatoms. The van der Waals surface area contributed by atoms with E-state index in [9.17, 15) is 4.79 Å². The highest BCUT2D eigenvalue weighted by atomic mass is 16.5. The number of piperidine rings is 1. The van der Waals surface area contributed by atoms with Crippen molar-refractivity contribution in [2.24, 2.45) is 10.9 Å². The number of aliphatic imine (C=N–C) groups is 1. The Hall–Kier alpha value is -2.28. The Balaban J connectivity index is 1.79. The van der Waals surface area contributed by atoms with Crippen LogP contribution in [0.1, 0.15) is 18.4 Å². The molecular formula is C19H29N3O4. The number of ether oxygens (including phenoxy) is 3. The monoisotopic (exact) mass is 363 g/mol. The summed E-state index contributed by atoms with van der Waals surface area (Å²) in [6.07, 6.45) is 1.59. The fourth-order valence-corrected chi connectivity index (χ4v) is 2.95. The molecule has 0 atom stereocenters. The number of guanidine groups is 1. The molecule has 1 aromatic carbocycles. The molecule has 1 heterocycles. The van der Waals surface area contributed by atoms with Gasteiger partial charge >= 0.3 is 5.97 Å². The van der Waals surface area contributed by atoms with Crippen LogP contribution in [0.2, 0.25) is 0 Å². The van der Waals surface area contributed by atoms with Gasteiger partial charge in [0.2, 0.25) is 0 Å². The van der Waals surface area contributed by atoms with Gasteiger partial charge in [0.1, 0.15) is 12.4 Å². The summed E-state index contributed by atoms with van der Waals surface area (Å²) in [6, 6.07) is 7.98. The standard InChI is InChI=1S/C19H29N3O4/c1-20-19(22-10-8-16(9-11-22)18(23)25-3)21-14-15-4-6-17(7-5-15)26-13-12-24-2/h4-7,16H,8-14H2,1-3H3,(H,20,21). The highest BCUT2D eigenvalue weighted by molar-refractivity contribution is 5.80. The van der Waals surface area contributed by atoms with Gasteiger partial charge in [-0.25, -0.2) is 0 Å². The summed E-state index contributed by atoms with van der Waals surface area (Å²) in [6.45, 7) is 3.40. The summed E-state index contributed by atoms with van der Waals surface area (Å²) in [5.41, 5.74) is 1.15. The Morgan fingerprint density at radius 3 is 2.46 bits per heavy atom. The highest BCUT2D eigenvalue weighted by Gasteiger charge is 2.26. The molecule has 144 valence electrons. The number of methoxy groups -OCH3 is 2. The minimum Gasteiger partial charge on any atom is -0.491 e. The van der Waals surface area contributed by atoms with E-state index in [1.165, 1.54) is 7.11 Å². The van der Waals surface area contributed by atoms with Crippen LogP contribution >= 0.6 is 0 Å². The SMILES string of the molecule is CN=C(NCc1ccc(OCCOC)cc1)N1CCC(C(=O)OC)CC1. The van der Waals surface area contributed by atoms with Crippen molar-refractivity contribution in [3.05, 3.63) is 29.8 Å². The smallest absolute Gasteiger partial charge is 0.308 e. The first-order chi connectivity index (χ1) is 12.7. The Kier molecular flexibility index (Phi) is 8.21. The quantitative estimate of drug-likeness (QED) is 0.344. The summed E-state index contributed by atoms with van der Waals surface area (Å²) in [5, 5.41) is 3.38. The first-order valence-corrected chi connectivity index (χ1v) is 8.92. The van der Waals surface area contributed by atoms with Crippen LogP contribution in [0, 0.1) is 5.92 Å². The van der Waals surface area contributed by atoms with Gasteiger partial charge in [-0.15, -0.1) is 0 Å². The van der Waals surface area contributed by atoms with Crippen LogP contribution < -0.4 is 10.1 Å². The van der Waals surface area contributed by atoms with E-state index in [0.717, 1.165) is 43.2 Å². The number of esters is 1. The van der Waals surface area contributed by atoms with Crippen LogP contribution in [0.3, 0.4) is 0 Å². The van der Waals surface area contributed by atoms with E-state index in [1.807, 2.05) is 24.3 Å². The lowest BCUT2D eigenvalue weighted by molar-refractivity contribution is -0.146. The topological polar surface area (TPSA) is 72.4 Å². The van der Waals surface area contributed by atoms with Crippen LogP contribution in [-0.2, 0) is 20.8 Å². The van der Waals surface area contributed by atoms with Crippen molar-refractivity contribution in [1.82, 2.24) is 10.2 Å². The van der Waals surface area contributed by atoms with E-state index in [1.54, 1.807) is 14.2 Å². The normalized spacial score (nSPS) is 15.7. The van der Waals surface area contributed by atoms with Gasteiger partial charge in [-0.3, -0.25) is 9.79 Å². The zero-order valence-electron chi connectivity index (χ0n) is 15.9. The number of hydrogen-bond donors (Lipinski definition) is 1. The van der Waals surface area contributed by atoms with Crippen molar-refractivity contribution in [3.63, 3.8) is 0 Å². The van der Waals surface area contributed by atoms with Crippen molar-refractivity contribution >= 4 is 11.9 Å². The molecule has 0 aliphatic carbocycles. The van der Waals surface area contributed by atoms with Gasteiger partial charge in [-0.05, 0) is 30.5 Å². The van der Waals surface area contributed by atoms with Crippen LogP contribution in [-0.4, -0.2) is 64.4 Å². The number of hydrogen-bond acceptors (Lipinski definition) is 5. The summed E-state index contributed by atoms with van der Waals surface area (Å²) in [5.74, 6) is 1.58. The van der Waals surface area contributed by atoms with Crippen molar-refractivity contribution in [3.8, 4) is 5.75 Å². The Morgan fingerprint density at radius 2 is 1.88 bits per heavy atom. The molecule has 1 fully saturated rings. The Morgan fingerprint density at radius 1 is 1.19 bits per heavy atom. The third kappa shape index (κ3) is 5.91. The number of benzene rings is 1. The van der Waals surface area contributed by atoms with Crippen molar-refractivity contribution in [2.45, 2.75) is 19.4 Å². The summed E-state index contributed by atoms with van der Waals surface area (Å²) < 4.78 is 15.4. The molecule has 26 heavy (non-hydrogen) atoms. The van der Waals surface area contributed by atoms with Crippen molar-refractivity contribution in [1.29, 1.82) is 0 Å². The molecule has 0 spiro atoms. The number of likely N-dealkylation sites (tertiary alicyclic amines) is 1. The molecule has 0 unspecified atom stereocenters. The Bertz CT molecular complexity index is 581. The minimum atomic E-state index is -0.111. The van der Waals surface area contributed by atoms with E-state index in [-0.39, 0.29) is 11.9 Å². The second-order valence-corrected chi connectivity index (χ2v) is 6.17. The van der Waals surface area contributed by atoms with Crippen LogP contribution in [0.5, 0.6) is 5.75 Å². The molecule has 2 rings (SSSR count). The number of carbonyl (C=O) groups is 1. The minimum absolute atomic E-state index is 0.00000807. The molecule has 0 saturated carbocycles. The molecule has 0 radical (unpaired) electrons. The lowest BCUT2D eigenvalue weighted by atomic mass is 9.97. The second kappa shape index (κ2) is 10.7. The van der Waals surface area contributed by atoms with E-state index < -0.39 is 0 Å². The first-order valence-electron chi connectivity index (χ1n) is 8.92. The molecule has 1 N–H and O–H groups in total. The molecule has 1 aliphatic heterocycles. The van der Waals surface area contributed by atoms with E-state index >= 15 is 0 Å². The lowest BCUT2D eigenvalue weighted by Crippen LogP contribution is -2.46. The fourth-order valence-electron chi connectivity index (χ4n) is 2.95. The molecule has 0 bridgehead atoms. The third-order valence-electron chi connectivity index (χ3n) is 4.47. The maximum atomic E-state index is 11.6. The lowest BCUT2D eigenvalue weighted by Gasteiger charge is -2.33. The zero-order valence-corrected chi connectivity index (χ0v) is 15.9. The fraction of sp³-hybridized carbons (Fsp3) is 0.579. The third-order valence-corrected chi connectivity index (χ3v) is 4.47. The summed E-state index contributed by atoms with van der Waals surface area (Å²) in [4.78, 5) is 18.2. The van der Waals surface area contributed by atoms with Gasteiger partial charge in [-0.1, -0.05) is 12.1 Å². The predicted octanol–water partition coefficient (Wildman–Crippen LogP) is 1.67. The largest absolute Gasteiger partial charge is 0.491 e. The average Bonchev–Trinajstić information content (AvgIpc) is 2.69. The number of carbonyl (C=O) groups excluding carboxylic acids is 1. The summed E-state index contributed by atoms with van der Waals surface area (Å²) >= 11 is 0. The molecule has 1 saturated heterocycles. The number of rotatable bonds is 7. The van der Waals surface area contributed by atoms with Gasteiger partial charge in [0.25, 0.3) is 0 Å². The maximum Gasteiger partial charge on any atom is 0.308 e. The molecule has 1 aromatic rings. The van der Waals surface area contributed by atoms with Gasteiger partial charge in [0, 0.05) is 33.8 Å². The number of nitrogens with one attached hydrogen (secondary N) is 1. The molecule has 0 amide bonds. The van der Waals surface area contributed by atoms with Crippen LogP contribution in [0.4, 0.5) is 0 Å². The van der Waals surface area contributed by atoms with Crippen LogP contribution in [0.25, 0.3) is 0 Å². The van der Waals surface area contributed by atoms with E-state index in [2.05, 4.69) is 15.2 Å². The maximum absolute atomic E-state index is 11.6.